The maximum absolute atomic E-state index is 14.3. The van der Waals surface area contributed by atoms with Crippen LogP contribution < -0.4 is 16.7 Å². The number of nitrogens with two attached hydrogens (primary N) is 1. The molecule has 1 aromatic rings. The van der Waals surface area contributed by atoms with Crippen LogP contribution >= 0.6 is 0 Å². The minimum absolute atomic E-state index is 0.0560. The van der Waals surface area contributed by atoms with Gasteiger partial charge in [0.25, 0.3) is 0 Å². The maximum Gasteiger partial charge on any atom is 0.351 e. The number of aliphatic hydroxyl groups is 1. The lowest BCUT2D eigenvalue weighted by molar-refractivity contribution is -0.140. The second-order valence-corrected chi connectivity index (χ2v) is 7.20. The van der Waals surface area contributed by atoms with Crippen molar-refractivity contribution in [2.75, 3.05) is 18.8 Å². The predicted molar refractivity (Wildman–Crippen MR) is 84.7 cm³/mol. The molecule has 0 unspecified atom stereocenters. The third kappa shape index (κ3) is 4.08. The van der Waals surface area contributed by atoms with E-state index in [4.69, 9.17) is 10.5 Å². The molecule has 1 aromatic heterocycles. The maximum atomic E-state index is 14.3. The van der Waals surface area contributed by atoms with E-state index in [1.54, 1.807) is 0 Å². The fraction of sp³-hybridized carbons (Fsp3) is 0.733. The summed E-state index contributed by atoms with van der Waals surface area (Å²) in [5.74, 6) is -3.68. The van der Waals surface area contributed by atoms with Crippen molar-refractivity contribution in [3.05, 3.63) is 22.7 Å². The van der Waals surface area contributed by atoms with Crippen molar-refractivity contribution in [1.82, 2.24) is 14.9 Å². The van der Waals surface area contributed by atoms with E-state index >= 15 is 0 Å². The first-order valence-corrected chi connectivity index (χ1v) is 7.79. The summed E-state index contributed by atoms with van der Waals surface area (Å²) in [5, 5.41) is 12.9. The van der Waals surface area contributed by atoms with Crippen molar-refractivity contribution in [2.24, 2.45) is 5.41 Å². The van der Waals surface area contributed by atoms with E-state index in [0.717, 1.165) is 12.6 Å². The first kappa shape index (κ1) is 18.8. The van der Waals surface area contributed by atoms with Gasteiger partial charge in [-0.25, -0.2) is 4.79 Å². The van der Waals surface area contributed by atoms with Crippen LogP contribution in [0.25, 0.3) is 0 Å². The van der Waals surface area contributed by atoms with Crippen molar-refractivity contribution < 1.29 is 18.6 Å². The Kier molecular flexibility index (Phi) is 5.26. The first-order valence-electron chi connectivity index (χ1n) is 7.79. The van der Waals surface area contributed by atoms with Gasteiger partial charge in [-0.05, 0) is 24.4 Å². The van der Waals surface area contributed by atoms with Crippen LogP contribution in [0.5, 0.6) is 0 Å². The molecular formula is C15H24F2N4O3. The summed E-state index contributed by atoms with van der Waals surface area (Å²) in [7, 11) is 0. The third-order valence-electron chi connectivity index (χ3n) is 3.88. The molecule has 2 heterocycles. The molecule has 0 aliphatic carbocycles. The minimum Gasteiger partial charge on any atom is -0.384 e. The molecule has 0 aromatic carbocycles. The van der Waals surface area contributed by atoms with Gasteiger partial charge in [-0.2, -0.15) is 13.8 Å². The van der Waals surface area contributed by atoms with E-state index in [9.17, 15) is 18.7 Å². The van der Waals surface area contributed by atoms with Crippen LogP contribution in [-0.2, 0) is 4.74 Å². The van der Waals surface area contributed by atoms with Crippen LogP contribution in [0, 0.1) is 5.41 Å². The third-order valence-corrected chi connectivity index (χ3v) is 3.88. The Hall–Kier alpha value is -1.58. The standard InChI is InChI=1S/C15H24F2N4O3/c1-14(2,3)5-6-19-8-9-11(22)15(16,17)12(24-9)21-7-4-10(18)20-13(21)23/h4,7,9,11-12,19,22H,5-6,8H2,1-3H3,(H2,18,20,23)/t9-,11-,12-/m1/s1. The van der Waals surface area contributed by atoms with Gasteiger partial charge in [0.2, 0.25) is 6.23 Å². The van der Waals surface area contributed by atoms with Crippen molar-refractivity contribution in [3.8, 4) is 0 Å². The van der Waals surface area contributed by atoms with Gasteiger partial charge in [0.15, 0.2) is 0 Å². The Morgan fingerprint density at radius 1 is 1.50 bits per heavy atom. The molecule has 9 heteroatoms. The van der Waals surface area contributed by atoms with Crippen LogP contribution in [0.1, 0.15) is 33.4 Å². The summed E-state index contributed by atoms with van der Waals surface area (Å²) in [4.78, 5) is 15.2. The average molecular weight is 346 g/mol. The van der Waals surface area contributed by atoms with Gasteiger partial charge in [0.1, 0.15) is 18.0 Å². The number of hydrogen-bond donors (Lipinski definition) is 3. The fourth-order valence-electron chi connectivity index (χ4n) is 2.45. The average Bonchev–Trinajstić information content (AvgIpc) is 2.66. The summed E-state index contributed by atoms with van der Waals surface area (Å²) in [6, 6.07) is 1.22. The molecule has 7 nitrogen and oxygen atoms in total. The molecule has 1 aliphatic rings. The number of anilines is 1. The number of aromatic nitrogens is 2. The zero-order valence-electron chi connectivity index (χ0n) is 14.0. The Morgan fingerprint density at radius 2 is 2.17 bits per heavy atom. The van der Waals surface area contributed by atoms with Crippen molar-refractivity contribution in [1.29, 1.82) is 0 Å². The molecule has 4 N–H and O–H groups in total. The number of halogens is 2. The van der Waals surface area contributed by atoms with E-state index in [1.165, 1.54) is 6.07 Å². The molecule has 24 heavy (non-hydrogen) atoms. The molecule has 3 atom stereocenters. The van der Waals surface area contributed by atoms with Gasteiger partial charge in [0, 0.05) is 12.7 Å². The van der Waals surface area contributed by atoms with E-state index in [2.05, 4.69) is 31.1 Å². The van der Waals surface area contributed by atoms with Gasteiger partial charge in [-0.1, -0.05) is 20.8 Å². The van der Waals surface area contributed by atoms with E-state index in [-0.39, 0.29) is 17.8 Å². The highest BCUT2D eigenvalue weighted by atomic mass is 19.3. The molecule has 0 radical (unpaired) electrons. The van der Waals surface area contributed by atoms with E-state index in [0.29, 0.717) is 11.1 Å². The smallest absolute Gasteiger partial charge is 0.351 e. The highest BCUT2D eigenvalue weighted by Gasteiger charge is 2.59. The van der Waals surface area contributed by atoms with Crippen LogP contribution in [0.4, 0.5) is 14.6 Å². The quantitative estimate of drug-likeness (QED) is 0.680. The normalized spacial score (nSPS) is 26.7. The highest BCUT2D eigenvalue weighted by molar-refractivity contribution is 5.23. The Balaban J connectivity index is 2.06. The lowest BCUT2D eigenvalue weighted by Gasteiger charge is -2.21. The lowest BCUT2D eigenvalue weighted by Crippen LogP contribution is -2.43. The summed E-state index contributed by atoms with van der Waals surface area (Å²) < 4.78 is 34.5. The molecule has 1 saturated heterocycles. The second-order valence-electron chi connectivity index (χ2n) is 7.20. The monoisotopic (exact) mass is 346 g/mol. The second kappa shape index (κ2) is 6.73. The topological polar surface area (TPSA) is 102 Å². The molecule has 0 saturated carbocycles. The van der Waals surface area contributed by atoms with Crippen LogP contribution in [0.2, 0.25) is 0 Å². The molecule has 1 aliphatic heterocycles. The summed E-state index contributed by atoms with van der Waals surface area (Å²) in [6.45, 7) is 6.87. The van der Waals surface area contributed by atoms with E-state index < -0.39 is 30.0 Å². The molecular weight excluding hydrogens is 322 g/mol. The SMILES string of the molecule is CC(C)(C)CCNC[C@H]1O[C@@H](n2ccc(N)nc2=O)C(F)(F)[C@@H]1O. The molecule has 0 amide bonds. The van der Waals surface area contributed by atoms with Crippen LogP contribution in [0.3, 0.4) is 0 Å². The van der Waals surface area contributed by atoms with Crippen LogP contribution in [0.15, 0.2) is 17.1 Å². The Morgan fingerprint density at radius 3 is 2.75 bits per heavy atom. The molecule has 1 fully saturated rings. The summed E-state index contributed by atoms with van der Waals surface area (Å²) >= 11 is 0. The molecule has 0 bridgehead atoms. The number of nitrogen functional groups attached to an aromatic ring is 1. The first-order chi connectivity index (χ1) is 11.0. The predicted octanol–water partition coefficient (Wildman–Crippen LogP) is 0.745. The summed E-state index contributed by atoms with van der Waals surface area (Å²) in [6.07, 6.45) is -3.13. The molecule has 136 valence electrons. The van der Waals surface area contributed by atoms with Gasteiger partial charge in [-0.15, -0.1) is 0 Å². The zero-order valence-corrected chi connectivity index (χ0v) is 14.0. The number of aliphatic hydroxyl groups excluding tert-OH is 1. The number of rotatable bonds is 5. The Bertz CT molecular complexity index is 630. The van der Waals surface area contributed by atoms with Gasteiger partial charge >= 0.3 is 11.6 Å². The minimum atomic E-state index is -3.61. The molecule has 2 rings (SSSR count). The van der Waals surface area contributed by atoms with Gasteiger partial charge in [0.05, 0.1) is 0 Å². The van der Waals surface area contributed by atoms with Crippen molar-refractivity contribution in [3.63, 3.8) is 0 Å². The zero-order chi connectivity index (χ0) is 18.1. The van der Waals surface area contributed by atoms with Crippen molar-refractivity contribution in [2.45, 2.75) is 51.6 Å². The number of hydrogen-bond acceptors (Lipinski definition) is 6. The van der Waals surface area contributed by atoms with Gasteiger partial charge in [-0.3, -0.25) is 4.57 Å². The number of nitrogens with one attached hydrogen (secondary N) is 1. The number of alkyl halides is 2. The lowest BCUT2D eigenvalue weighted by atomic mass is 9.92. The molecule has 0 spiro atoms. The van der Waals surface area contributed by atoms with Crippen LogP contribution in [-0.4, -0.2) is 45.9 Å². The van der Waals surface area contributed by atoms with Crippen molar-refractivity contribution >= 4 is 5.82 Å². The highest BCUT2D eigenvalue weighted by Crippen LogP contribution is 2.41. The summed E-state index contributed by atoms with van der Waals surface area (Å²) in [5.41, 5.74) is 4.51. The van der Waals surface area contributed by atoms with E-state index in [1.807, 2.05) is 0 Å². The largest absolute Gasteiger partial charge is 0.384 e. The Labute approximate surface area is 138 Å². The fourth-order valence-corrected chi connectivity index (χ4v) is 2.45. The number of ether oxygens (including phenoxy) is 1. The van der Waals surface area contributed by atoms with Gasteiger partial charge < -0.3 is 20.9 Å². The number of nitrogens with zero attached hydrogens (tertiary/aromatic N) is 2.